The summed E-state index contributed by atoms with van der Waals surface area (Å²) in [5, 5.41) is 6.80. The lowest BCUT2D eigenvalue weighted by Gasteiger charge is -2.23. The van der Waals surface area contributed by atoms with Gasteiger partial charge in [0.2, 0.25) is 5.88 Å². The first kappa shape index (κ1) is 16.7. The third-order valence-corrected chi connectivity index (χ3v) is 3.34. The van der Waals surface area contributed by atoms with Crippen molar-refractivity contribution in [1.82, 2.24) is 20.1 Å². The van der Waals surface area contributed by atoms with Crippen molar-refractivity contribution in [2.45, 2.75) is 5.92 Å². The van der Waals surface area contributed by atoms with Crippen LogP contribution in [0.3, 0.4) is 0 Å². The molecule has 6 nitrogen and oxygen atoms in total. The van der Waals surface area contributed by atoms with E-state index in [-0.39, 0.29) is 12.5 Å². The van der Waals surface area contributed by atoms with Gasteiger partial charge in [-0.1, -0.05) is 18.1 Å². The number of aromatic nitrogens is 3. The molecule has 0 saturated heterocycles. The first-order valence-corrected chi connectivity index (χ1v) is 7.67. The van der Waals surface area contributed by atoms with E-state index in [2.05, 4.69) is 27.2 Å². The Labute approximate surface area is 145 Å². The van der Waals surface area contributed by atoms with Crippen LogP contribution in [0, 0.1) is 11.8 Å². The number of nitrogens with zero attached hydrogens (tertiary/aromatic N) is 3. The third kappa shape index (κ3) is 4.05. The van der Waals surface area contributed by atoms with E-state index in [1.54, 1.807) is 31.5 Å². The molecule has 1 aliphatic rings. The van der Waals surface area contributed by atoms with Gasteiger partial charge in [-0.3, -0.25) is 0 Å². The van der Waals surface area contributed by atoms with Crippen LogP contribution in [-0.2, 0) is 10.7 Å². The molecule has 1 aliphatic heterocycles. The molecule has 0 unspecified atom stereocenters. The summed E-state index contributed by atoms with van der Waals surface area (Å²) in [6, 6.07) is 5.44. The molecule has 1 atom stereocenters. The highest BCUT2D eigenvalue weighted by Gasteiger charge is 2.30. The molecule has 0 spiro atoms. The van der Waals surface area contributed by atoms with Gasteiger partial charge in [0.15, 0.2) is 0 Å². The van der Waals surface area contributed by atoms with Crippen molar-refractivity contribution in [2.24, 2.45) is 0 Å². The topological polar surface area (TPSA) is 61.2 Å². The lowest BCUT2D eigenvalue weighted by molar-refractivity contribution is 0.0827. The van der Waals surface area contributed by atoms with Crippen LogP contribution in [0.1, 0.15) is 11.3 Å². The summed E-state index contributed by atoms with van der Waals surface area (Å²) in [7, 11) is 1.57. The molecule has 25 heavy (non-hydrogen) atoms. The summed E-state index contributed by atoms with van der Waals surface area (Å²) in [4.78, 5) is 4.14. The predicted molar refractivity (Wildman–Crippen MR) is 90.3 cm³/mol. The summed E-state index contributed by atoms with van der Waals surface area (Å²) >= 11 is 0. The second kappa shape index (κ2) is 7.64. The molecule has 0 bridgehead atoms. The van der Waals surface area contributed by atoms with Crippen molar-refractivity contribution in [3.05, 3.63) is 66.3 Å². The van der Waals surface area contributed by atoms with Gasteiger partial charge in [0.05, 0.1) is 12.8 Å². The van der Waals surface area contributed by atoms with E-state index in [0.29, 0.717) is 17.9 Å². The van der Waals surface area contributed by atoms with Crippen LogP contribution in [0.4, 0.5) is 4.39 Å². The van der Waals surface area contributed by atoms with Gasteiger partial charge in [-0.15, -0.1) is 5.10 Å². The zero-order chi connectivity index (χ0) is 17.5. The van der Waals surface area contributed by atoms with Crippen LogP contribution in [-0.4, -0.2) is 35.1 Å². The summed E-state index contributed by atoms with van der Waals surface area (Å²) < 4.78 is 26.6. The Bertz CT molecular complexity index is 836. The van der Waals surface area contributed by atoms with Gasteiger partial charge in [0.25, 0.3) is 5.92 Å². The molecule has 0 aliphatic carbocycles. The lowest BCUT2D eigenvalue weighted by atomic mass is 10.3. The zero-order valence-corrected chi connectivity index (χ0v) is 13.6. The molecular weight excluding hydrogens is 323 g/mol. The lowest BCUT2D eigenvalue weighted by Crippen LogP contribution is -2.40. The summed E-state index contributed by atoms with van der Waals surface area (Å²) in [5.74, 6) is 4.12. The molecule has 0 aromatic carbocycles. The van der Waals surface area contributed by atoms with E-state index in [4.69, 9.17) is 9.47 Å². The molecule has 2 aromatic rings. The number of pyridine rings is 1. The fraction of sp³-hybridized carbons (Fsp3) is 0.222. The largest absolute Gasteiger partial charge is 0.473 e. The Morgan fingerprint density at radius 3 is 2.92 bits per heavy atom. The molecule has 1 N–H and O–H groups in total. The van der Waals surface area contributed by atoms with Crippen molar-refractivity contribution in [3.8, 4) is 17.7 Å². The quantitative estimate of drug-likeness (QED) is 0.512. The second-order valence-corrected chi connectivity index (χ2v) is 5.13. The summed E-state index contributed by atoms with van der Waals surface area (Å²) in [6.07, 6.45) is 9.31. The first-order valence-electron chi connectivity index (χ1n) is 7.67. The number of allylic oxidation sites excluding steroid dienone is 2. The number of halogens is 1. The molecule has 0 saturated carbocycles. The molecule has 2 aromatic heterocycles. The average Bonchev–Trinajstić information content (AvgIpc) is 3.06. The highest BCUT2D eigenvalue weighted by Crippen LogP contribution is 2.24. The molecule has 0 fully saturated rings. The fourth-order valence-electron chi connectivity index (χ4n) is 2.10. The fourth-order valence-corrected chi connectivity index (χ4v) is 2.10. The minimum Gasteiger partial charge on any atom is -0.473 e. The van der Waals surface area contributed by atoms with Crippen molar-refractivity contribution in [1.29, 1.82) is 0 Å². The summed E-state index contributed by atoms with van der Waals surface area (Å²) in [5.41, 5.74) is 1.07. The number of methoxy groups -OCH3 is 1. The Balaban J connectivity index is 1.90. The van der Waals surface area contributed by atoms with E-state index < -0.39 is 5.92 Å². The molecule has 128 valence electrons. The van der Waals surface area contributed by atoms with Gasteiger partial charge in [-0.2, -0.15) is 4.39 Å². The Morgan fingerprint density at radius 1 is 1.28 bits per heavy atom. The minimum atomic E-state index is -1.97. The van der Waals surface area contributed by atoms with Gasteiger partial charge in [0.1, 0.15) is 17.9 Å². The van der Waals surface area contributed by atoms with Gasteiger partial charge >= 0.3 is 0 Å². The zero-order valence-electron chi connectivity index (χ0n) is 13.6. The van der Waals surface area contributed by atoms with Gasteiger partial charge in [-0.05, 0) is 30.2 Å². The molecule has 0 amide bonds. The van der Waals surface area contributed by atoms with Crippen LogP contribution < -0.4 is 10.1 Å². The first-order chi connectivity index (χ1) is 12.2. The maximum Gasteiger partial charge on any atom is 0.296 e. The molecule has 0 radical (unpaired) electrons. The number of ether oxygens (including phenoxy) is 2. The maximum atomic E-state index is 15.0. The Kier molecular flexibility index (Phi) is 5.11. The average molecular weight is 340 g/mol. The highest BCUT2D eigenvalue weighted by atomic mass is 19.1. The highest BCUT2D eigenvalue weighted by molar-refractivity contribution is 5.44. The monoisotopic (exact) mass is 340 g/mol. The number of hydrogen-bond acceptors (Lipinski definition) is 5. The van der Waals surface area contributed by atoms with Crippen LogP contribution in [0.5, 0.6) is 5.88 Å². The SMILES string of the molecule is COCCOc1nn([C@]2(F)C=CC=CN2)cc1C#Cc1ccccn1. The number of rotatable bonds is 5. The Morgan fingerprint density at radius 2 is 2.20 bits per heavy atom. The van der Waals surface area contributed by atoms with Gasteiger partial charge < -0.3 is 14.8 Å². The van der Waals surface area contributed by atoms with E-state index in [9.17, 15) is 4.39 Å². The third-order valence-electron chi connectivity index (χ3n) is 3.34. The molecule has 3 heterocycles. The minimum absolute atomic E-state index is 0.238. The van der Waals surface area contributed by atoms with Crippen molar-refractivity contribution in [3.63, 3.8) is 0 Å². The smallest absolute Gasteiger partial charge is 0.296 e. The maximum absolute atomic E-state index is 15.0. The van der Waals surface area contributed by atoms with E-state index >= 15 is 0 Å². The number of dihydropyridines is 1. The number of hydrogen-bond donors (Lipinski definition) is 1. The summed E-state index contributed by atoms with van der Waals surface area (Å²) in [6.45, 7) is 0.676. The van der Waals surface area contributed by atoms with Crippen LogP contribution in [0.15, 0.2) is 55.0 Å². The van der Waals surface area contributed by atoms with Crippen molar-refractivity contribution >= 4 is 0 Å². The van der Waals surface area contributed by atoms with Crippen molar-refractivity contribution < 1.29 is 13.9 Å². The Hall–Kier alpha value is -3.11. The number of alkyl halides is 1. The number of nitrogens with one attached hydrogen (secondary N) is 1. The van der Waals surface area contributed by atoms with Gasteiger partial charge in [-0.25, -0.2) is 9.67 Å². The molecule has 3 rings (SSSR count). The van der Waals surface area contributed by atoms with Crippen molar-refractivity contribution in [2.75, 3.05) is 20.3 Å². The standard InChI is InChI=1S/C18H17FN4O2/c1-24-12-13-25-17-15(7-8-16-6-2-4-10-20-16)14-23(22-17)18(19)9-3-5-11-21-18/h2-6,9-11,14,21H,12-13H2,1H3/t18-/m0/s1. The van der Waals surface area contributed by atoms with E-state index in [1.165, 1.54) is 18.5 Å². The van der Waals surface area contributed by atoms with E-state index in [1.807, 2.05) is 12.1 Å². The molecular formula is C18H17FN4O2. The second-order valence-electron chi connectivity index (χ2n) is 5.13. The van der Waals surface area contributed by atoms with Crippen LogP contribution in [0.25, 0.3) is 0 Å². The predicted octanol–water partition coefficient (Wildman–Crippen LogP) is 1.96. The van der Waals surface area contributed by atoms with Crippen LogP contribution in [0.2, 0.25) is 0 Å². The van der Waals surface area contributed by atoms with Gasteiger partial charge in [0, 0.05) is 19.5 Å². The molecule has 7 heteroatoms. The normalized spacial score (nSPS) is 18.3. The van der Waals surface area contributed by atoms with Crippen LogP contribution >= 0.6 is 0 Å². The van der Waals surface area contributed by atoms with E-state index in [0.717, 1.165) is 4.68 Å².